The van der Waals surface area contributed by atoms with Gasteiger partial charge in [0.05, 0.1) is 33.9 Å². The molecule has 2 aromatic carbocycles. The number of carbonyl (C=O) groups excluding carboxylic acids is 1. The number of hydrogen-bond acceptors (Lipinski definition) is 7. The van der Waals surface area contributed by atoms with Gasteiger partial charge in [0.25, 0.3) is 5.56 Å². The largest absolute Gasteiger partial charge is 0.467 e. The van der Waals surface area contributed by atoms with Gasteiger partial charge in [-0.05, 0) is 43.3 Å². The van der Waals surface area contributed by atoms with Gasteiger partial charge in [-0.15, -0.1) is 0 Å². The third kappa shape index (κ3) is 4.77. The highest BCUT2D eigenvalue weighted by Crippen LogP contribution is 2.26. The molecule has 1 N–H and O–H groups in total. The third-order valence-electron chi connectivity index (χ3n) is 4.78. The predicted molar refractivity (Wildman–Crippen MR) is 121 cm³/mol. The zero-order valence-electron chi connectivity index (χ0n) is 17.2. The van der Waals surface area contributed by atoms with Gasteiger partial charge >= 0.3 is 5.69 Å². The van der Waals surface area contributed by atoms with Crippen LogP contribution in [0, 0.1) is 15.9 Å². The van der Waals surface area contributed by atoms with Crippen LogP contribution in [-0.2, 0) is 11.3 Å². The Morgan fingerprint density at radius 2 is 2.06 bits per heavy atom. The fourth-order valence-corrected chi connectivity index (χ4v) is 4.03. The Hall–Kier alpha value is -3.99. The SMILES string of the molecule is CC(Sc1nc2ccccc2c(=O)n1Cc1ccco1)C(=O)Nc1ccc(F)c([N+](=O)[O-])c1. The smallest absolute Gasteiger partial charge is 0.306 e. The first-order chi connectivity index (χ1) is 15.8. The van der Waals surface area contributed by atoms with Gasteiger partial charge in [0.15, 0.2) is 5.16 Å². The number of nitrogens with one attached hydrogen (secondary N) is 1. The van der Waals surface area contributed by atoms with Crippen LogP contribution in [0.15, 0.2) is 75.2 Å². The normalized spacial score (nSPS) is 11.9. The number of anilines is 1. The molecule has 0 saturated heterocycles. The van der Waals surface area contributed by atoms with Crippen molar-refractivity contribution in [1.82, 2.24) is 9.55 Å². The summed E-state index contributed by atoms with van der Waals surface area (Å²) in [4.78, 5) is 40.5. The van der Waals surface area contributed by atoms with E-state index in [1.165, 1.54) is 16.9 Å². The summed E-state index contributed by atoms with van der Waals surface area (Å²) in [6, 6.07) is 13.4. The fraction of sp³-hybridized carbons (Fsp3) is 0.136. The van der Waals surface area contributed by atoms with E-state index in [0.717, 1.165) is 23.9 Å². The van der Waals surface area contributed by atoms with Crippen LogP contribution in [0.3, 0.4) is 0 Å². The lowest BCUT2D eigenvalue weighted by Crippen LogP contribution is -2.27. The number of benzene rings is 2. The van der Waals surface area contributed by atoms with E-state index in [1.807, 2.05) is 0 Å². The lowest BCUT2D eigenvalue weighted by molar-refractivity contribution is -0.387. The number of thioether (sulfide) groups is 1. The Labute approximate surface area is 190 Å². The standard InChI is InChI=1S/C22H17FN4O5S/c1-13(20(28)24-14-8-9-17(23)19(11-14)27(30)31)33-22-25-18-7-3-2-6-16(18)21(29)26(22)12-15-5-4-10-32-15/h2-11,13H,12H2,1H3,(H,24,28). The lowest BCUT2D eigenvalue weighted by atomic mass is 10.2. The van der Waals surface area contributed by atoms with Crippen LogP contribution in [0.25, 0.3) is 10.9 Å². The van der Waals surface area contributed by atoms with Gasteiger partial charge in [-0.1, -0.05) is 23.9 Å². The second-order valence-corrected chi connectivity index (χ2v) is 8.36. The second-order valence-electron chi connectivity index (χ2n) is 7.05. The van der Waals surface area contributed by atoms with Crippen LogP contribution in [-0.4, -0.2) is 25.6 Å². The van der Waals surface area contributed by atoms with Crippen molar-refractivity contribution in [2.75, 3.05) is 5.32 Å². The molecule has 0 spiro atoms. The maximum Gasteiger partial charge on any atom is 0.306 e. The van der Waals surface area contributed by atoms with Gasteiger partial charge in [-0.25, -0.2) is 4.98 Å². The molecule has 2 aromatic heterocycles. The molecule has 9 nitrogen and oxygen atoms in total. The van der Waals surface area contributed by atoms with Crippen molar-refractivity contribution in [2.45, 2.75) is 23.9 Å². The molecule has 0 saturated carbocycles. The number of rotatable bonds is 7. The number of aromatic nitrogens is 2. The van der Waals surface area contributed by atoms with Crippen LogP contribution in [0.2, 0.25) is 0 Å². The van der Waals surface area contributed by atoms with Crippen molar-refractivity contribution in [1.29, 1.82) is 0 Å². The number of nitro benzene ring substituents is 1. The van der Waals surface area contributed by atoms with E-state index < -0.39 is 27.6 Å². The summed E-state index contributed by atoms with van der Waals surface area (Å²) in [7, 11) is 0. The topological polar surface area (TPSA) is 120 Å². The molecule has 0 aliphatic heterocycles. The monoisotopic (exact) mass is 468 g/mol. The van der Waals surface area contributed by atoms with E-state index in [4.69, 9.17) is 4.42 Å². The average Bonchev–Trinajstić information content (AvgIpc) is 3.30. The summed E-state index contributed by atoms with van der Waals surface area (Å²) in [6.07, 6.45) is 1.50. The molecule has 168 valence electrons. The number of nitrogens with zero attached hydrogens (tertiary/aromatic N) is 3. The minimum Gasteiger partial charge on any atom is -0.467 e. The van der Waals surface area contributed by atoms with E-state index in [0.29, 0.717) is 21.8 Å². The Morgan fingerprint density at radius 3 is 2.79 bits per heavy atom. The summed E-state index contributed by atoms with van der Waals surface area (Å²) in [5, 5.41) is 13.5. The number of para-hydroxylation sites is 1. The Bertz CT molecular complexity index is 1400. The summed E-state index contributed by atoms with van der Waals surface area (Å²) >= 11 is 1.05. The van der Waals surface area contributed by atoms with Crippen molar-refractivity contribution >= 4 is 39.9 Å². The van der Waals surface area contributed by atoms with Crippen LogP contribution < -0.4 is 10.9 Å². The molecule has 0 radical (unpaired) electrons. The van der Waals surface area contributed by atoms with Gasteiger partial charge in [0.2, 0.25) is 11.7 Å². The number of carbonyl (C=O) groups is 1. The molecular formula is C22H17FN4O5S. The van der Waals surface area contributed by atoms with E-state index in [1.54, 1.807) is 43.3 Å². The van der Waals surface area contributed by atoms with Crippen molar-refractivity contribution in [3.8, 4) is 0 Å². The quantitative estimate of drug-likeness (QED) is 0.187. The van der Waals surface area contributed by atoms with Crippen LogP contribution in [0.1, 0.15) is 12.7 Å². The zero-order chi connectivity index (χ0) is 23.5. The first-order valence-electron chi connectivity index (χ1n) is 9.77. The highest BCUT2D eigenvalue weighted by Gasteiger charge is 2.22. The first-order valence-corrected chi connectivity index (χ1v) is 10.6. The molecule has 2 heterocycles. The predicted octanol–water partition coefficient (Wildman–Crippen LogP) is 4.20. The number of amides is 1. The van der Waals surface area contributed by atoms with E-state index in [9.17, 15) is 24.1 Å². The lowest BCUT2D eigenvalue weighted by Gasteiger charge is -2.16. The van der Waals surface area contributed by atoms with Gasteiger partial charge in [-0.2, -0.15) is 4.39 Å². The number of halogens is 1. The number of nitro groups is 1. The maximum atomic E-state index is 13.6. The second kappa shape index (κ2) is 9.25. The molecule has 11 heteroatoms. The maximum absolute atomic E-state index is 13.6. The molecular weight excluding hydrogens is 451 g/mol. The van der Waals surface area contributed by atoms with Crippen LogP contribution in [0.5, 0.6) is 0 Å². The molecule has 1 unspecified atom stereocenters. The summed E-state index contributed by atoms with van der Waals surface area (Å²) in [6.45, 7) is 1.74. The molecule has 33 heavy (non-hydrogen) atoms. The van der Waals surface area contributed by atoms with Crippen molar-refractivity contribution < 1.29 is 18.5 Å². The van der Waals surface area contributed by atoms with Crippen molar-refractivity contribution in [3.63, 3.8) is 0 Å². The number of hydrogen-bond donors (Lipinski definition) is 1. The van der Waals surface area contributed by atoms with Gasteiger partial charge < -0.3 is 9.73 Å². The summed E-state index contributed by atoms with van der Waals surface area (Å²) in [5.41, 5.74) is -0.444. The third-order valence-corrected chi connectivity index (χ3v) is 5.87. The summed E-state index contributed by atoms with van der Waals surface area (Å²) in [5.74, 6) is -0.942. The van der Waals surface area contributed by atoms with Crippen molar-refractivity contribution in [3.05, 3.63) is 92.9 Å². The molecule has 1 amide bonds. The van der Waals surface area contributed by atoms with E-state index in [-0.39, 0.29) is 17.8 Å². The molecule has 4 rings (SSSR count). The Balaban J connectivity index is 1.62. The average molecular weight is 468 g/mol. The van der Waals surface area contributed by atoms with Crippen LogP contribution in [0.4, 0.5) is 15.8 Å². The minimum atomic E-state index is -0.997. The molecule has 0 fully saturated rings. The zero-order valence-corrected chi connectivity index (χ0v) is 18.0. The molecule has 0 aliphatic rings. The fourth-order valence-electron chi connectivity index (χ4n) is 3.12. The van der Waals surface area contributed by atoms with Crippen molar-refractivity contribution in [2.24, 2.45) is 0 Å². The van der Waals surface area contributed by atoms with Crippen LogP contribution >= 0.6 is 11.8 Å². The van der Waals surface area contributed by atoms with Gasteiger partial charge in [0.1, 0.15) is 5.76 Å². The number of fused-ring (bicyclic) bond motifs is 1. The molecule has 0 bridgehead atoms. The van der Waals surface area contributed by atoms with Gasteiger partial charge in [-0.3, -0.25) is 24.3 Å². The Kier molecular flexibility index (Phi) is 6.22. The molecule has 1 atom stereocenters. The van der Waals surface area contributed by atoms with Gasteiger partial charge in [0, 0.05) is 11.8 Å². The Morgan fingerprint density at radius 1 is 1.27 bits per heavy atom. The molecule has 4 aromatic rings. The van der Waals surface area contributed by atoms with E-state index in [2.05, 4.69) is 10.3 Å². The summed E-state index contributed by atoms with van der Waals surface area (Å²) < 4.78 is 20.4. The minimum absolute atomic E-state index is 0.0833. The number of furan rings is 1. The molecule has 0 aliphatic carbocycles. The highest BCUT2D eigenvalue weighted by atomic mass is 32.2. The highest BCUT2D eigenvalue weighted by molar-refractivity contribution is 8.00. The van der Waals surface area contributed by atoms with E-state index >= 15 is 0 Å². The first kappa shape index (κ1) is 22.2.